The van der Waals surface area contributed by atoms with Crippen LogP contribution in [0.15, 0.2) is 114 Å². The Kier molecular flexibility index (Phi) is 7.10. The van der Waals surface area contributed by atoms with Crippen molar-refractivity contribution in [3.63, 3.8) is 0 Å². The molecule has 0 heterocycles. The summed E-state index contributed by atoms with van der Waals surface area (Å²) in [5.41, 5.74) is 3.04. The van der Waals surface area contributed by atoms with Gasteiger partial charge in [-0.2, -0.15) is 5.10 Å². The summed E-state index contributed by atoms with van der Waals surface area (Å²) in [4.78, 5) is 13.0. The lowest BCUT2D eigenvalue weighted by Gasteiger charge is -2.27. The van der Waals surface area contributed by atoms with E-state index in [1.54, 1.807) is 84.9 Å². The van der Waals surface area contributed by atoms with Gasteiger partial charge in [0, 0.05) is 0 Å². The number of hydrogen-bond donors (Lipinski definition) is 2. The molecule has 0 saturated carbocycles. The molecule has 0 aromatic heterocycles. The number of ether oxygens (including phenoxy) is 1. The summed E-state index contributed by atoms with van der Waals surface area (Å²) < 4.78 is 18.7. The number of hydrazone groups is 1. The van der Waals surface area contributed by atoms with Crippen molar-refractivity contribution < 1.29 is 19.0 Å². The van der Waals surface area contributed by atoms with Crippen LogP contribution in [0.1, 0.15) is 22.3 Å². The minimum Gasteiger partial charge on any atom is -0.489 e. The molecule has 0 fully saturated rings. The van der Waals surface area contributed by atoms with Crippen molar-refractivity contribution in [3.05, 3.63) is 137 Å². The van der Waals surface area contributed by atoms with Crippen molar-refractivity contribution in [3.8, 4) is 5.75 Å². The van der Waals surface area contributed by atoms with E-state index in [2.05, 4.69) is 10.5 Å². The minimum atomic E-state index is -1.89. The second kappa shape index (κ2) is 10.6. The van der Waals surface area contributed by atoms with Crippen molar-refractivity contribution >= 4 is 12.1 Å². The van der Waals surface area contributed by atoms with Crippen molar-refractivity contribution in [1.82, 2.24) is 5.43 Å². The minimum absolute atomic E-state index is 0.287. The average molecular weight is 455 g/mol. The summed E-state index contributed by atoms with van der Waals surface area (Å²) in [6.45, 7) is 0.321. The van der Waals surface area contributed by atoms with E-state index in [1.807, 2.05) is 12.1 Å². The smallest absolute Gasteiger partial charge is 0.281 e. The number of carbonyl (C=O) groups is 1. The molecule has 1 amide bonds. The molecule has 0 bridgehead atoms. The molecule has 4 aromatic carbocycles. The molecule has 0 aliphatic rings. The van der Waals surface area contributed by atoms with Gasteiger partial charge in [-0.3, -0.25) is 4.79 Å². The monoisotopic (exact) mass is 454 g/mol. The third-order valence-electron chi connectivity index (χ3n) is 5.29. The van der Waals surface area contributed by atoms with E-state index in [9.17, 15) is 14.3 Å². The van der Waals surface area contributed by atoms with Gasteiger partial charge in [-0.1, -0.05) is 72.8 Å². The maximum Gasteiger partial charge on any atom is 0.281 e. The summed E-state index contributed by atoms with van der Waals surface area (Å²) >= 11 is 0. The van der Waals surface area contributed by atoms with Gasteiger partial charge < -0.3 is 9.84 Å². The summed E-state index contributed by atoms with van der Waals surface area (Å²) in [7, 11) is 0. The molecule has 0 aliphatic heterocycles. The molecule has 6 heteroatoms. The van der Waals surface area contributed by atoms with Gasteiger partial charge in [0.25, 0.3) is 5.91 Å². The number of halogens is 1. The second-order valence-corrected chi connectivity index (χ2v) is 7.63. The van der Waals surface area contributed by atoms with Crippen LogP contribution in [-0.4, -0.2) is 17.2 Å². The quantitative estimate of drug-likeness (QED) is 0.297. The molecule has 0 atom stereocenters. The lowest BCUT2D eigenvalue weighted by molar-refractivity contribution is -0.136. The van der Waals surface area contributed by atoms with Crippen molar-refractivity contribution in [2.75, 3.05) is 0 Å². The molecular weight excluding hydrogens is 431 g/mol. The predicted octanol–water partition coefficient (Wildman–Crippen LogP) is 4.79. The lowest BCUT2D eigenvalue weighted by Crippen LogP contribution is -2.43. The maximum atomic E-state index is 13.0. The number of aliphatic hydroxyl groups is 1. The van der Waals surface area contributed by atoms with Crippen LogP contribution >= 0.6 is 0 Å². The van der Waals surface area contributed by atoms with E-state index in [0.717, 1.165) is 11.1 Å². The van der Waals surface area contributed by atoms with E-state index in [0.29, 0.717) is 23.5 Å². The molecule has 0 unspecified atom stereocenters. The highest BCUT2D eigenvalue weighted by Crippen LogP contribution is 2.29. The lowest BCUT2D eigenvalue weighted by atomic mass is 9.85. The van der Waals surface area contributed by atoms with E-state index in [4.69, 9.17) is 4.74 Å². The Balaban J connectivity index is 1.41. The van der Waals surface area contributed by atoms with Crippen LogP contribution in [-0.2, 0) is 17.0 Å². The Morgan fingerprint density at radius 1 is 0.853 bits per heavy atom. The van der Waals surface area contributed by atoms with Gasteiger partial charge in [0.05, 0.1) is 6.21 Å². The first-order valence-corrected chi connectivity index (χ1v) is 10.7. The first kappa shape index (κ1) is 22.9. The van der Waals surface area contributed by atoms with Gasteiger partial charge in [-0.15, -0.1) is 0 Å². The summed E-state index contributed by atoms with van der Waals surface area (Å²) in [6.07, 6.45) is 1.48. The largest absolute Gasteiger partial charge is 0.489 e. The Hall–Kier alpha value is -4.29. The van der Waals surface area contributed by atoms with Crippen LogP contribution in [0, 0.1) is 5.82 Å². The van der Waals surface area contributed by atoms with Crippen LogP contribution in [0.25, 0.3) is 0 Å². The summed E-state index contributed by atoms with van der Waals surface area (Å²) in [5.74, 6) is -0.307. The second-order valence-electron chi connectivity index (χ2n) is 7.63. The number of amides is 1. The van der Waals surface area contributed by atoms with Gasteiger partial charge in [-0.25, -0.2) is 9.82 Å². The normalized spacial score (nSPS) is 11.4. The third kappa shape index (κ3) is 5.36. The number of benzene rings is 4. The van der Waals surface area contributed by atoms with Crippen molar-refractivity contribution in [1.29, 1.82) is 0 Å². The number of carbonyl (C=O) groups excluding carboxylic acids is 1. The Bertz CT molecular complexity index is 1200. The molecule has 5 nitrogen and oxygen atoms in total. The third-order valence-corrected chi connectivity index (χ3v) is 5.29. The predicted molar refractivity (Wildman–Crippen MR) is 129 cm³/mol. The fraction of sp³-hybridized carbons (Fsp3) is 0.0714. The molecule has 4 rings (SSSR count). The topological polar surface area (TPSA) is 70.9 Å². The van der Waals surface area contributed by atoms with Crippen LogP contribution < -0.4 is 10.2 Å². The van der Waals surface area contributed by atoms with Crippen LogP contribution in [0.3, 0.4) is 0 Å². The zero-order valence-electron chi connectivity index (χ0n) is 18.3. The van der Waals surface area contributed by atoms with Gasteiger partial charge in [-0.05, 0) is 58.7 Å². The van der Waals surface area contributed by atoms with Gasteiger partial charge in [0.1, 0.15) is 18.2 Å². The van der Waals surface area contributed by atoms with Crippen LogP contribution in [0.2, 0.25) is 0 Å². The van der Waals surface area contributed by atoms with Crippen LogP contribution in [0.4, 0.5) is 4.39 Å². The maximum absolute atomic E-state index is 13.0. The first-order valence-electron chi connectivity index (χ1n) is 10.7. The standard InChI is InChI=1S/C28H23FN2O3/c29-25-15-11-22(12-16-25)20-34-26-17-13-21(14-18-26)19-30-31-27(32)28(33,23-7-3-1-4-8-23)24-9-5-2-6-10-24/h1-19,33H,20H2,(H,31,32)/b30-19+. The summed E-state index contributed by atoms with van der Waals surface area (Å²) in [6, 6.07) is 30.7. The van der Waals surface area contributed by atoms with E-state index in [1.165, 1.54) is 18.3 Å². The number of rotatable bonds is 8. The molecular formula is C28H23FN2O3. The Morgan fingerprint density at radius 2 is 1.41 bits per heavy atom. The highest BCUT2D eigenvalue weighted by atomic mass is 19.1. The van der Waals surface area contributed by atoms with E-state index in [-0.39, 0.29) is 5.82 Å². The van der Waals surface area contributed by atoms with E-state index < -0.39 is 11.5 Å². The SMILES string of the molecule is O=C(N/N=C/c1ccc(OCc2ccc(F)cc2)cc1)C(O)(c1ccccc1)c1ccccc1. The molecule has 0 saturated heterocycles. The van der Waals surface area contributed by atoms with Crippen molar-refractivity contribution in [2.45, 2.75) is 12.2 Å². The first-order chi connectivity index (χ1) is 16.6. The number of hydrogen-bond acceptors (Lipinski definition) is 4. The molecule has 4 aromatic rings. The molecule has 0 aliphatic carbocycles. The number of nitrogens with zero attached hydrogens (tertiary/aromatic N) is 1. The zero-order valence-corrected chi connectivity index (χ0v) is 18.3. The van der Waals surface area contributed by atoms with Gasteiger partial charge >= 0.3 is 0 Å². The summed E-state index contributed by atoms with van der Waals surface area (Å²) in [5, 5.41) is 15.4. The molecule has 170 valence electrons. The van der Waals surface area contributed by atoms with Gasteiger partial charge in [0.2, 0.25) is 0 Å². The number of nitrogens with one attached hydrogen (secondary N) is 1. The molecule has 0 spiro atoms. The average Bonchev–Trinajstić information content (AvgIpc) is 2.89. The highest BCUT2D eigenvalue weighted by molar-refractivity contribution is 5.91. The molecule has 34 heavy (non-hydrogen) atoms. The fourth-order valence-corrected chi connectivity index (χ4v) is 3.43. The molecule has 0 radical (unpaired) electrons. The van der Waals surface area contributed by atoms with Crippen LogP contribution in [0.5, 0.6) is 5.75 Å². The van der Waals surface area contributed by atoms with Crippen molar-refractivity contribution in [2.24, 2.45) is 5.10 Å². The fourth-order valence-electron chi connectivity index (χ4n) is 3.43. The zero-order chi connectivity index (χ0) is 23.8. The Morgan fingerprint density at radius 3 is 1.97 bits per heavy atom. The van der Waals surface area contributed by atoms with Gasteiger partial charge in [0.15, 0.2) is 5.60 Å². The Labute approximate surface area is 197 Å². The molecule has 2 N–H and O–H groups in total. The van der Waals surface area contributed by atoms with E-state index >= 15 is 0 Å². The highest BCUT2D eigenvalue weighted by Gasteiger charge is 2.39.